The lowest BCUT2D eigenvalue weighted by Crippen LogP contribution is -2.30. The number of hydrogen-bond acceptors (Lipinski definition) is 15. The van der Waals surface area contributed by atoms with Gasteiger partial charge in [-0.3, -0.25) is 37.3 Å². The number of esters is 4. The Morgan fingerprint density at radius 3 is 0.856 bits per heavy atom. The molecule has 104 heavy (non-hydrogen) atoms. The van der Waals surface area contributed by atoms with Crippen molar-refractivity contribution in [3.05, 3.63) is 146 Å². The van der Waals surface area contributed by atoms with E-state index < -0.39 is 97.5 Å². The number of allylic oxidation sites excluding steroid dienone is 24. The molecule has 5 atom stereocenters. The van der Waals surface area contributed by atoms with Gasteiger partial charge in [-0.1, -0.05) is 276 Å². The van der Waals surface area contributed by atoms with Crippen molar-refractivity contribution < 1.29 is 80.2 Å². The normalized spacial score (nSPS) is 14.6. The number of rotatable bonds is 74. The lowest BCUT2D eigenvalue weighted by atomic mass is 10.1. The monoisotopic (exact) mass is 1500 g/mol. The molecule has 0 aromatic rings. The number of hydrogen-bond donors (Lipinski definition) is 3. The Balaban J connectivity index is 5.42. The van der Waals surface area contributed by atoms with E-state index in [0.29, 0.717) is 32.1 Å². The average molecular weight is 1500 g/mol. The van der Waals surface area contributed by atoms with E-state index in [1.165, 1.54) is 38.5 Å². The molecule has 0 aliphatic carbocycles. The maximum atomic E-state index is 13.1. The van der Waals surface area contributed by atoms with Crippen LogP contribution in [0.3, 0.4) is 0 Å². The minimum atomic E-state index is -5.00. The zero-order chi connectivity index (χ0) is 76.0. The fourth-order valence-corrected chi connectivity index (χ4v) is 11.8. The third kappa shape index (κ3) is 75.2. The van der Waals surface area contributed by atoms with Crippen LogP contribution in [0, 0.1) is 0 Å². The molecule has 3 N–H and O–H groups in total. The van der Waals surface area contributed by atoms with Crippen molar-refractivity contribution in [2.75, 3.05) is 39.6 Å². The fraction of sp³-hybridized carbons (Fsp3) is 0.671. The third-order valence-corrected chi connectivity index (χ3v) is 18.2. The Morgan fingerprint density at radius 2 is 0.529 bits per heavy atom. The van der Waals surface area contributed by atoms with Crippen LogP contribution < -0.4 is 0 Å². The highest BCUT2D eigenvalue weighted by atomic mass is 31.2. The molecule has 0 aliphatic heterocycles. The molecule has 19 heteroatoms. The highest BCUT2D eigenvalue weighted by Gasteiger charge is 2.30. The number of carbonyl (C=O) groups excluding carboxylic acids is 4. The molecule has 0 aromatic carbocycles. The Kier molecular flexibility index (Phi) is 72.4. The van der Waals surface area contributed by atoms with Crippen molar-refractivity contribution in [2.45, 2.75) is 329 Å². The van der Waals surface area contributed by atoms with Gasteiger partial charge in [0.2, 0.25) is 0 Å². The highest BCUT2D eigenvalue weighted by molar-refractivity contribution is 7.47. The van der Waals surface area contributed by atoms with E-state index in [-0.39, 0.29) is 25.7 Å². The summed E-state index contributed by atoms with van der Waals surface area (Å²) in [6.45, 7) is 4.48. The fourth-order valence-electron chi connectivity index (χ4n) is 10.2. The second-order valence-corrected chi connectivity index (χ2v) is 29.1. The predicted molar refractivity (Wildman–Crippen MR) is 427 cm³/mol. The maximum absolute atomic E-state index is 13.1. The first-order chi connectivity index (χ1) is 50.7. The molecule has 0 heterocycles. The molecule has 0 radical (unpaired) electrons. The summed E-state index contributed by atoms with van der Waals surface area (Å²) in [4.78, 5) is 73.0. The number of aliphatic hydroxyl groups excluding tert-OH is 1. The average Bonchev–Trinajstić information content (AvgIpc) is 0.918. The zero-order valence-electron chi connectivity index (χ0n) is 64.9. The van der Waals surface area contributed by atoms with Gasteiger partial charge in [-0.2, -0.15) is 0 Å². The molecule has 0 amide bonds. The molecule has 0 bridgehead atoms. The summed E-state index contributed by atoms with van der Waals surface area (Å²) in [5.41, 5.74) is 0. The first-order valence-electron chi connectivity index (χ1n) is 40.1. The molecule has 0 aliphatic rings. The van der Waals surface area contributed by atoms with Crippen LogP contribution in [0.1, 0.15) is 310 Å². The summed E-state index contributed by atoms with van der Waals surface area (Å²) in [5, 5.41) is 10.6. The van der Waals surface area contributed by atoms with Crippen LogP contribution >= 0.6 is 15.6 Å². The number of unbranched alkanes of at least 4 members (excludes halogenated alkanes) is 24. The van der Waals surface area contributed by atoms with Gasteiger partial charge < -0.3 is 33.8 Å². The van der Waals surface area contributed by atoms with E-state index in [9.17, 15) is 43.2 Å². The van der Waals surface area contributed by atoms with Crippen molar-refractivity contribution >= 4 is 39.5 Å². The molecule has 0 saturated carbocycles. The maximum Gasteiger partial charge on any atom is 0.472 e. The van der Waals surface area contributed by atoms with Crippen molar-refractivity contribution in [1.82, 2.24) is 0 Å². The van der Waals surface area contributed by atoms with Crippen LogP contribution in [0.5, 0.6) is 0 Å². The lowest BCUT2D eigenvalue weighted by molar-refractivity contribution is -0.161. The van der Waals surface area contributed by atoms with Crippen LogP contribution in [0.25, 0.3) is 0 Å². The second kappa shape index (κ2) is 76.1. The molecule has 594 valence electrons. The standard InChI is InChI=1S/C85H142O17P2/c1-5-9-13-17-21-25-29-33-36-38-39-41-44-47-50-54-58-62-66-70-83(88)96-76-81(102-85(90)72-68-64-60-56-52-48-42-35-31-27-23-19-15-11-7-3)78-100-104(93,94)98-74-79(86)73-97-103(91,92)99-77-80(101-84(89)71-67-63-59-55-51-45-32-28-24-20-16-12-8-4)75-95-82(87)69-65-61-57-53-49-46-43-40-37-34-30-26-22-18-14-10-6-2/h9-10,13-14,16,20-22,25-26,28,32-37,39,41-43,46,53,57,79-81,86H,5-8,11-12,15,17-19,23-24,27,29-31,38,40,44-45,47-52,54-56,58-78H2,1-4H3,(H,91,92)(H,93,94)/b13-9-,14-10-,20-16-,25-21-,26-22-,32-28-,36-33-,37-34-,41-39-,42-35-,46-43-,57-53-. The van der Waals surface area contributed by atoms with E-state index in [1.807, 2.05) is 12.2 Å². The van der Waals surface area contributed by atoms with Gasteiger partial charge in [0, 0.05) is 25.7 Å². The van der Waals surface area contributed by atoms with Gasteiger partial charge in [0.1, 0.15) is 19.3 Å². The highest BCUT2D eigenvalue weighted by Crippen LogP contribution is 2.45. The van der Waals surface area contributed by atoms with Gasteiger partial charge in [-0.25, -0.2) is 9.13 Å². The van der Waals surface area contributed by atoms with Crippen LogP contribution in [-0.4, -0.2) is 96.7 Å². The Bertz CT molecular complexity index is 2540. The smallest absolute Gasteiger partial charge is 0.462 e. The molecule has 0 spiro atoms. The van der Waals surface area contributed by atoms with Crippen molar-refractivity contribution in [2.24, 2.45) is 0 Å². The molecule has 17 nitrogen and oxygen atoms in total. The first-order valence-corrected chi connectivity index (χ1v) is 43.1. The SMILES string of the molecule is CC/C=C\C/C=C\C/C=C\C/C=C\C/C=C\CCCC(=O)OCC(COP(=O)(O)OCC(O)COP(=O)(O)OCC(COC(=O)CCCCCCCC/C=C\C/C=C\C/C=C\C/C=C\CC)OC(=O)CCCCCCC/C=C\CCCCCCCC)OC(=O)CCCCCCC/C=C\C/C=C\CCC. The van der Waals surface area contributed by atoms with Gasteiger partial charge in [0.15, 0.2) is 12.2 Å². The minimum absolute atomic E-state index is 0.0624. The Morgan fingerprint density at radius 1 is 0.279 bits per heavy atom. The number of aliphatic hydroxyl groups is 1. The molecular weight excluding hydrogens is 1350 g/mol. The molecule has 0 saturated heterocycles. The van der Waals surface area contributed by atoms with Crippen molar-refractivity contribution in [1.29, 1.82) is 0 Å². The molecule has 0 rings (SSSR count). The van der Waals surface area contributed by atoms with Gasteiger partial charge in [0.05, 0.1) is 26.4 Å². The summed E-state index contributed by atoms with van der Waals surface area (Å²) < 4.78 is 68.5. The van der Waals surface area contributed by atoms with Crippen LogP contribution in [0.2, 0.25) is 0 Å². The lowest BCUT2D eigenvalue weighted by Gasteiger charge is -2.21. The van der Waals surface area contributed by atoms with Crippen LogP contribution in [0.4, 0.5) is 0 Å². The van der Waals surface area contributed by atoms with Gasteiger partial charge >= 0.3 is 39.5 Å². The van der Waals surface area contributed by atoms with E-state index in [2.05, 4.69) is 161 Å². The minimum Gasteiger partial charge on any atom is -0.462 e. The van der Waals surface area contributed by atoms with Crippen LogP contribution in [0.15, 0.2) is 146 Å². The number of phosphoric acid groups is 2. The summed E-state index contributed by atoms with van der Waals surface area (Å²) in [6, 6.07) is 0. The van der Waals surface area contributed by atoms with E-state index in [1.54, 1.807) is 0 Å². The van der Waals surface area contributed by atoms with E-state index in [4.69, 9.17) is 37.0 Å². The number of phosphoric ester groups is 2. The second-order valence-electron chi connectivity index (χ2n) is 26.2. The third-order valence-electron chi connectivity index (χ3n) is 16.2. The molecular formula is C85H142O17P2. The van der Waals surface area contributed by atoms with Crippen LogP contribution in [-0.2, 0) is 65.4 Å². The van der Waals surface area contributed by atoms with Gasteiger partial charge in [0.25, 0.3) is 0 Å². The Hall–Kier alpha value is -5.06. The van der Waals surface area contributed by atoms with Crippen molar-refractivity contribution in [3.8, 4) is 0 Å². The summed E-state index contributed by atoms with van der Waals surface area (Å²) >= 11 is 0. The molecule has 0 fully saturated rings. The van der Waals surface area contributed by atoms with E-state index in [0.717, 1.165) is 186 Å². The Labute approximate surface area is 630 Å². The van der Waals surface area contributed by atoms with Gasteiger partial charge in [-0.05, 0) is 154 Å². The predicted octanol–water partition coefficient (Wildman–Crippen LogP) is 23.4. The van der Waals surface area contributed by atoms with Gasteiger partial charge in [-0.15, -0.1) is 0 Å². The summed E-state index contributed by atoms with van der Waals surface area (Å²) in [5.74, 6) is -2.28. The van der Waals surface area contributed by atoms with E-state index >= 15 is 0 Å². The topological polar surface area (TPSA) is 237 Å². The van der Waals surface area contributed by atoms with Crippen molar-refractivity contribution in [3.63, 3.8) is 0 Å². The summed E-state index contributed by atoms with van der Waals surface area (Å²) in [6.07, 6.45) is 86.9. The number of carbonyl (C=O) groups is 4. The number of ether oxygens (including phenoxy) is 4. The molecule has 5 unspecified atom stereocenters. The first kappa shape index (κ1) is 98.9. The quantitative estimate of drug-likeness (QED) is 0.0169. The summed E-state index contributed by atoms with van der Waals surface area (Å²) in [7, 11) is -9.99. The molecule has 0 aromatic heterocycles. The zero-order valence-corrected chi connectivity index (χ0v) is 66.7. The largest absolute Gasteiger partial charge is 0.472 e.